The number of hydrogen-bond acceptors (Lipinski definition) is 7. The highest BCUT2D eigenvalue weighted by atomic mass is 32.1. The van der Waals surface area contributed by atoms with Crippen molar-refractivity contribution in [1.82, 2.24) is 9.55 Å². The number of rotatable bonds is 5. The minimum atomic E-state index is -1.14. The van der Waals surface area contributed by atoms with Gasteiger partial charge in [-0.05, 0) is 24.3 Å². The number of aromatic nitrogens is 2. The molecule has 0 amide bonds. The molecule has 3 rings (SSSR count). The summed E-state index contributed by atoms with van der Waals surface area (Å²) in [6.45, 7) is -0.145. The Hall–Kier alpha value is -1.81. The van der Waals surface area contributed by atoms with Crippen molar-refractivity contribution in [3.05, 3.63) is 44.9 Å². The van der Waals surface area contributed by atoms with Crippen LogP contribution in [-0.4, -0.2) is 32.5 Å². The lowest BCUT2D eigenvalue weighted by Gasteiger charge is -2.17. The summed E-state index contributed by atoms with van der Waals surface area (Å²) >= 11 is 1.30. The Bertz CT molecular complexity index is 721. The summed E-state index contributed by atoms with van der Waals surface area (Å²) in [6, 6.07) is 3.44. The Labute approximate surface area is 135 Å². The highest BCUT2D eigenvalue weighted by molar-refractivity contribution is 7.10. The van der Waals surface area contributed by atoms with Crippen LogP contribution in [0.2, 0.25) is 0 Å². The quantitative estimate of drug-likeness (QED) is 0.708. The molecule has 2 aromatic rings. The molecule has 2 aromatic heterocycles. The summed E-state index contributed by atoms with van der Waals surface area (Å²) in [4.78, 5) is 16.3. The average molecular weight is 341 g/mol. The van der Waals surface area contributed by atoms with Gasteiger partial charge < -0.3 is 20.3 Å². The molecule has 0 spiro atoms. The van der Waals surface area contributed by atoms with Gasteiger partial charge in [0.1, 0.15) is 6.23 Å². The van der Waals surface area contributed by atoms with Gasteiger partial charge in [-0.15, -0.1) is 11.3 Å². The van der Waals surface area contributed by atoms with Crippen LogP contribution in [0.3, 0.4) is 0 Å². The van der Waals surface area contributed by atoms with Gasteiger partial charge in [0.05, 0.1) is 23.8 Å². The second-order valence-corrected chi connectivity index (χ2v) is 6.14. The van der Waals surface area contributed by atoms with Gasteiger partial charge in [-0.2, -0.15) is 4.98 Å². The van der Waals surface area contributed by atoms with Crippen LogP contribution in [0.5, 0.6) is 0 Å². The minimum absolute atomic E-state index is 0.145. The second kappa shape index (κ2) is 6.75. The summed E-state index contributed by atoms with van der Waals surface area (Å²) in [5.41, 5.74) is -0.684. The zero-order valence-corrected chi connectivity index (χ0v) is 12.9. The molecule has 3 N–H and O–H groups in total. The molecule has 0 saturated carbocycles. The maximum Gasteiger partial charge on any atom is 0.351 e. The van der Waals surface area contributed by atoms with Gasteiger partial charge in [0.2, 0.25) is 0 Å². The fourth-order valence-corrected chi connectivity index (χ4v) is 3.09. The molecule has 0 aromatic carbocycles. The largest absolute Gasteiger partial charge is 0.394 e. The van der Waals surface area contributed by atoms with Crippen LogP contribution in [0.4, 0.5) is 10.2 Å². The topological polar surface area (TPSA) is 96.6 Å². The lowest BCUT2D eigenvalue weighted by Crippen LogP contribution is -2.29. The molecule has 3 heterocycles. The van der Waals surface area contributed by atoms with Crippen molar-refractivity contribution < 1.29 is 19.3 Å². The fraction of sp³-hybridized carbons (Fsp3) is 0.429. The predicted molar refractivity (Wildman–Crippen MR) is 81.6 cm³/mol. The van der Waals surface area contributed by atoms with Crippen LogP contribution in [0, 0.1) is 5.82 Å². The predicted octanol–water partition coefficient (Wildman–Crippen LogP) is 1.22. The molecule has 3 atom stereocenters. The maximum atomic E-state index is 14.2. The van der Waals surface area contributed by atoms with Crippen molar-refractivity contribution in [2.24, 2.45) is 0 Å². The SMILES string of the molecule is O=c1nc(NC(O)c2cccs2)c(F)cn1C1CC[C@@H](CO)O1. The number of ether oxygens (including phenoxy) is 1. The molecule has 0 radical (unpaired) electrons. The molecule has 0 bridgehead atoms. The molecular weight excluding hydrogens is 325 g/mol. The van der Waals surface area contributed by atoms with E-state index in [1.807, 2.05) is 0 Å². The molecule has 124 valence electrons. The molecule has 1 aliphatic rings. The smallest absolute Gasteiger partial charge is 0.351 e. The lowest BCUT2D eigenvalue weighted by molar-refractivity contribution is -0.0249. The first-order valence-corrected chi connectivity index (χ1v) is 7.99. The number of nitrogens with one attached hydrogen (secondary N) is 1. The van der Waals surface area contributed by atoms with Gasteiger partial charge in [0.25, 0.3) is 0 Å². The van der Waals surface area contributed by atoms with Crippen LogP contribution in [-0.2, 0) is 4.74 Å². The Morgan fingerprint density at radius 1 is 1.57 bits per heavy atom. The van der Waals surface area contributed by atoms with Crippen LogP contribution in [0.15, 0.2) is 28.5 Å². The van der Waals surface area contributed by atoms with Gasteiger partial charge in [0, 0.05) is 0 Å². The number of aliphatic hydroxyl groups excluding tert-OH is 2. The van der Waals surface area contributed by atoms with E-state index in [1.54, 1.807) is 17.5 Å². The highest BCUT2D eigenvalue weighted by Crippen LogP contribution is 2.27. The Kier molecular flexibility index (Phi) is 4.71. The van der Waals surface area contributed by atoms with E-state index < -0.39 is 24.0 Å². The molecule has 9 heteroatoms. The molecule has 0 aliphatic carbocycles. The third-order valence-corrected chi connectivity index (χ3v) is 4.52. The molecule has 23 heavy (non-hydrogen) atoms. The molecule has 2 unspecified atom stereocenters. The Morgan fingerprint density at radius 3 is 3.04 bits per heavy atom. The van der Waals surface area contributed by atoms with Gasteiger partial charge in [-0.25, -0.2) is 9.18 Å². The van der Waals surface area contributed by atoms with Crippen molar-refractivity contribution in [2.75, 3.05) is 11.9 Å². The van der Waals surface area contributed by atoms with Crippen molar-refractivity contribution in [3.63, 3.8) is 0 Å². The van der Waals surface area contributed by atoms with Crippen LogP contribution in [0.25, 0.3) is 0 Å². The lowest BCUT2D eigenvalue weighted by atomic mass is 10.2. The van der Waals surface area contributed by atoms with Crippen LogP contribution >= 0.6 is 11.3 Å². The number of hydrogen-bond donors (Lipinski definition) is 3. The van der Waals surface area contributed by atoms with E-state index in [0.717, 1.165) is 10.8 Å². The highest BCUT2D eigenvalue weighted by Gasteiger charge is 2.27. The standard InChI is InChI=1S/C14H16FN3O4S/c15-9-6-18(11-4-3-8(7-19)22-11)14(21)17-12(9)16-13(20)10-2-1-5-23-10/h1-2,5-6,8,11,13,19-20H,3-4,7H2,(H,16,17,21)/t8-,11?,13?/m0/s1. The van der Waals surface area contributed by atoms with E-state index >= 15 is 0 Å². The van der Waals surface area contributed by atoms with E-state index in [9.17, 15) is 14.3 Å². The number of nitrogens with zero attached hydrogens (tertiary/aromatic N) is 2. The van der Waals surface area contributed by atoms with Crippen molar-refractivity contribution in [2.45, 2.75) is 31.4 Å². The monoisotopic (exact) mass is 341 g/mol. The maximum absolute atomic E-state index is 14.2. The average Bonchev–Trinajstić information content (AvgIpc) is 3.21. The summed E-state index contributed by atoms with van der Waals surface area (Å²) in [7, 11) is 0. The molecular formula is C14H16FN3O4S. The molecule has 7 nitrogen and oxygen atoms in total. The summed E-state index contributed by atoms with van der Waals surface area (Å²) in [5, 5.41) is 23.3. The van der Waals surface area contributed by atoms with Gasteiger partial charge in [-0.3, -0.25) is 4.57 Å². The summed E-state index contributed by atoms with van der Waals surface area (Å²) in [6.07, 6.45) is -0.0491. The third-order valence-electron chi connectivity index (χ3n) is 3.59. The zero-order chi connectivity index (χ0) is 16.4. The molecule has 1 fully saturated rings. The Morgan fingerprint density at radius 2 is 2.39 bits per heavy atom. The van der Waals surface area contributed by atoms with Crippen molar-refractivity contribution in [3.8, 4) is 0 Å². The van der Waals surface area contributed by atoms with E-state index in [0.29, 0.717) is 17.7 Å². The number of halogens is 1. The minimum Gasteiger partial charge on any atom is -0.394 e. The number of thiophene rings is 1. The zero-order valence-electron chi connectivity index (χ0n) is 12.1. The van der Waals surface area contributed by atoms with E-state index in [4.69, 9.17) is 9.84 Å². The number of aliphatic hydroxyl groups is 2. The molecule has 1 saturated heterocycles. The van der Waals surface area contributed by atoms with Gasteiger partial charge in [0.15, 0.2) is 17.9 Å². The van der Waals surface area contributed by atoms with E-state index in [1.165, 1.54) is 11.3 Å². The van der Waals surface area contributed by atoms with Crippen molar-refractivity contribution in [1.29, 1.82) is 0 Å². The Balaban J connectivity index is 1.79. The van der Waals surface area contributed by atoms with Crippen molar-refractivity contribution >= 4 is 17.2 Å². The number of anilines is 1. The fourth-order valence-electron chi connectivity index (χ4n) is 2.43. The van der Waals surface area contributed by atoms with Crippen LogP contribution in [0.1, 0.15) is 30.2 Å². The normalized spacial score (nSPS) is 22.2. The first-order valence-electron chi connectivity index (χ1n) is 7.11. The first-order chi connectivity index (χ1) is 11.1. The van der Waals surface area contributed by atoms with Crippen LogP contribution < -0.4 is 11.0 Å². The summed E-state index contributed by atoms with van der Waals surface area (Å²) in [5.74, 6) is -1.08. The first kappa shape index (κ1) is 16.1. The third kappa shape index (κ3) is 3.42. The second-order valence-electron chi connectivity index (χ2n) is 5.16. The summed E-state index contributed by atoms with van der Waals surface area (Å²) < 4.78 is 20.7. The molecule has 1 aliphatic heterocycles. The van der Waals surface area contributed by atoms with E-state index in [2.05, 4.69) is 10.3 Å². The van der Waals surface area contributed by atoms with E-state index in [-0.39, 0.29) is 18.5 Å². The van der Waals surface area contributed by atoms with Gasteiger partial charge >= 0.3 is 5.69 Å². The van der Waals surface area contributed by atoms with Gasteiger partial charge in [-0.1, -0.05) is 6.07 Å².